The number of hydrogen-bond acceptors (Lipinski definition) is 3. The van der Waals surface area contributed by atoms with Gasteiger partial charge in [0.15, 0.2) is 5.84 Å². The minimum atomic E-state index is -0.0502. The highest BCUT2D eigenvalue weighted by Gasteiger charge is 2.56. The van der Waals surface area contributed by atoms with Crippen LogP contribution in [0.2, 0.25) is 0 Å². The number of nitrogens with zero attached hydrogens (tertiary/aromatic N) is 3. The molecule has 3 aliphatic heterocycles. The topological polar surface area (TPSA) is 18.8 Å². The molecule has 0 amide bonds. The largest absolute Gasteiger partial charge is 0.300 e. The molecule has 4 aliphatic rings. The van der Waals surface area contributed by atoms with Crippen molar-refractivity contribution in [2.24, 2.45) is 5.10 Å². The molecule has 3 heteroatoms. The van der Waals surface area contributed by atoms with Gasteiger partial charge in [0.05, 0.1) is 11.4 Å². The fourth-order valence-electron chi connectivity index (χ4n) is 6.80. The summed E-state index contributed by atoms with van der Waals surface area (Å²) in [6.45, 7) is 7.01. The van der Waals surface area contributed by atoms with E-state index in [4.69, 9.17) is 5.10 Å². The maximum Gasteiger partial charge on any atom is 0.163 e. The van der Waals surface area contributed by atoms with Gasteiger partial charge < -0.3 is 0 Å². The van der Waals surface area contributed by atoms with Crippen molar-refractivity contribution in [3.63, 3.8) is 0 Å². The average Bonchev–Trinajstić information content (AvgIpc) is 3.35. The van der Waals surface area contributed by atoms with Gasteiger partial charge in [-0.2, -0.15) is 5.10 Å². The normalized spacial score (nSPS) is 22.3. The Morgan fingerprint density at radius 1 is 0.848 bits per heavy atom. The van der Waals surface area contributed by atoms with Gasteiger partial charge in [-0.3, -0.25) is 4.90 Å². The number of rotatable bonds is 2. The standard InChI is InChI=1S/C30H31N3/c1-19-16-24-23-15-14-21(20-10-6-4-7-11-20)18-25(23)28-31-33(22-12-8-5-9-13-22)29-30(2,3)26(17-19)27(24)32(28)29/h5,8-9,12-18,20,29H,4,6-7,10-11H2,1-3H3. The van der Waals surface area contributed by atoms with Crippen LogP contribution in [0.1, 0.15) is 74.1 Å². The molecular formula is C30H31N3. The number of benzene rings is 3. The molecule has 166 valence electrons. The van der Waals surface area contributed by atoms with E-state index in [-0.39, 0.29) is 11.6 Å². The van der Waals surface area contributed by atoms with E-state index in [0.717, 1.165) is 11.5 Å². The summed E-state index contributed by atoms with van der Waals surface area (Å²) in [5.41, 5.74) is 10.8. The molecule has 0 bridgehead atoms. The molecule has 3 nitrogen and oxygen atoms in total. The van der Waals surface area contributed by atoms with Crippen molar-refractivity contribution in [1.82, 2.24) is 0 Å². The van der Waals surface area contributed by atoms with Gasteiger partial charge in [0.2, 0.25) is 0 Å². The number of amidine groups is 1. The first-order valence-corrected chi connectivity index (χ1v) is 12.6. The first-order chi connectivity index (χ1) is 16.0. The third-order valence-corrected chi connectivity index (χ3v) is 8.41. The third kappa shape index (κ3) is 2.59. The highest BCUT2D eigenvalue weighted by molar-refractivity contribution is 6.22. The predicted octanol–water partition coefficient (Wildman–Crippen LogP) is 7.33. The van der Waals surface area contributed by atoms with Gasteiger partial charge in [0.25, 0.3) is 0 Å². The lowest BCUT2D eigenvalue weighted by molar-refractivity contribution is 0.437. The molecule has 1 aliphatic carbocycles. The second-order valence-corrected chi connectivity index (χ2v) is 10.9. The lowest BCUT2D eigenvalue weighted by Crippen LogP contribution is -2.49. The van der Waals surface area contributed by atoms with Gasteiger partial charge in [0.1, 0.15) is 6.17 Å². The van der Waals surface area contributed by atoms with Crippen LogP contribution in [0.15, 0.2) is 65.8 Å². The van der Waals surface area contributed by atoms with Crippen molar-refractivity contribution in [2.45, 2.75) is 70.4 Å². The maximum atomic E-state index is 5.33. The molecular weight excluding hydrogens is 402 g/mol. The van der Waals surface area contributed by atoms with Crippen LogP contribution in [0.25, 0.3) is 11.1 Å². The highest BCUT2D eigenvalue weighted by Crippen LogP contribution is 2.57. The monoisotopic (exact) mass is 433 g/mol. The summed E-state index contributed by atoms with van der Waals surface area (Å²) in [6, 6.07) is 22.8. The first-order valence-electron chi connectivity index (χ1n) is 12.6. The zero-order chi connectivity index (χ0) is 22.3. The van der Waals surface area contributed by atoms with Crippen LogP contribution >= 0.6 is 0 Å². The lowest BCUT2D eigenvalue weighted by Gasteiger charge is -2.35. The predicted molar refractivity (Wildman–Crippen MR) is 137 cm³/mol. The highest BCUT2D eigenvalue weighted by atomic mass is 15.6. The molecule has 1 unspecified atom stereocenters. The van der Waals surface area contributed by atoms with Crippen LogP contribution in [0, 0.1) is 6.92 Å². The Morgan fingerprint density at radius 3 is 2.42 bits per heavy atom. The van der Waals surface area contributed by atoms with Crippen molar-refractivity contribution in [2.75, 3.05) is 9.91 Å². The van der Waals surface area contributed by atoms with Crippen LogP contribution in [-0.2, 0) is 5.41 Å². The van der Waals surface area contributed by atoms with E-state index in [1.165, 1.54) is 71.2 Å². The molecule has 3 aromatic carbocycles. The lowest BCUT2D eigenvalue weighted by atomic mass is 9.80. The number of hydrazone groups is 1. The fourth-order valence-corrected chi connectivity index (χ4v) is 6.80. The fraction of sp³-hybridized carbons (Fsp3) is 0.367. The second-order valence-electron chi connectivity index (χ2n) is 10.9. The number of para-hydroxylation sites is 1. The summed E-state index contributed by atoms with van der Waals surface area (Å²) >= 11 is 0. The maximum absolute atomic E-state index is 5.33. The minimum Gasteiger partial charge on any atom is -0.300 e. The van der Waals surface area contributed by atoms with Gasteiger partial charge in [-0.1, -0.05) is 75.1 Å². The summed E-state index contributed by atoms with van der Waals surface area (Å²) in [7, 11) is 0. The summed E-state index contributed by atoms with van der Waals surface area (Å²) in [5.74, 6) is 1.82. The second kappa shape index (κ2) is 6.72. The van der Waals surface area contributed by atoms with Crippen LogP contribution in [0.5, 0.6) is 0 Å². The molecule has 7 rings (SSSR count). The van der Waals surface area contributed by atoms with Gasteiger partial charge in [-0.25, -0.2) is 5.01 Å². The van der Waals surface area contributed by atoms with E-state index < -0.39 is 0 Å². The van der Waals surface area contributed by atoms with Crippen molar-refractivity contribution in [1.29, 1.82) is 0 Å². The van der Waals surface area contributed by atoms with Crippen molar-refractivity contribution in [3.8, 4) is 11.1 Å². The third-order valence-electron chi connectivity index (χ3n) is 8.41. The Labute approximate surface area is 196 Å². The smallest absolute Gasteiger partial charge is 0.163 e. The van der Waals surface area contributed by atoms with Gasteiger partial charge in [-0.15, -0.1) is 0 Å². The van der Waals surface area contributed by atoms with Gasteiger partial charge in [0, 0.05) is 16.5 Å². The van der Waals surface area contributed by atoms with Gasteiger partial charge in [-0.05, 0) is 66.6 Å². The zero-order valence-corrected chi connectivity index (χ0v) is 19.8. The molecule has 1 fully saturated rings. The van der Waals surface area contributed by atoms with E-state index in [1.54, 1.807) is 0 Å². The van der Waals surface area contributed by atoms with Crippen molar-refractivity contribution in [3.05, 3.63) is 82.9 Å². The van der Waals surface area contributed by atoms with Gasteiger partial charge >= 0.3 is 0 Å². The average molecular weight is 434 g/mol. The van der Waals surface area contributed by atoms with Crippen molar-refractivity contribution >= 4 is 17.2 Å². The quantitative estimate of drug-likeness (QED) is 0.421. The van der Waals surface area contributed by atoms with E-state index in [2.05, 4.69) is 91.3 Å². The Balaban J connectivity index is 1.48. The molecule has 0 radical (unpaired) electrons. The van der Waals surface area contributed by atoms with Crippen molar-refractivity contribution < 1.29 is 0 Å². The minimum absolute atomic E-state index is 0.0502. The zero-order valence-electron chi connectivity index (χ0n) is 19.8. The molecule has 3 aromatic rings. The number of aryl methyl sites for hydroxylation is 1. The molecule has 1 saturated carbocycles. The number of fused-ring (bicyclic) bond motifs is 3. The first kappa shape index (κ1) is 19.4. The molecule has 3 heterocycles. The summed E-state index contributed by atoms with van der Waals surface area (Å²) in [5, 5.41) is 7.60. The molecule has 0 N–H and O–H groups in total. The summed E-state index contributed by atoms with van der Waals surface area (Å²) in [4.78, 5) is 2.55. The Kier molecular flexibility index (Phi) is 3.95. The van der Waals surface area contributed by atoms with E-state index >= 15 is 0 Å². The van der Waals surface area contributed by atoms with E-state index in [9.17, 15) is 0 Å². The Morgan fingerprint density at radius 2 is 1.64 bits per heavy atom. The van der Waals surface area contributed by atoms with Crippen LogP contribution in [0.3, 0.4) is 0 Å². The summed E-state index contributed by atoms with van der Waals surface area (Å²) in [6.07, 6.45) is 6.90. The van der Waals surface area contributed by atoms with Crippen LogP contribution in [0.4, 0.5) is 11.4 Å². The Hall–Kier alpha value is -3.07. The van der Waals surface area contributed by atoms with E-state index in [0.29, 0.717) is 5.92 Å². The SMILES string of the molecule is Cc1cc2c3c(c1)C(C)(C)C1N(c4ccccc4)N=C(c4cc(C5CCCCC5)ccc4-2)N31. The molecule has 0 spiro atoms. The molecule has 33 heavy (non-hydrogen) atoms. The van der Waals surface area contributed by atoms with Crippen LogP contribution < -0.4 is 9.91 Å². The molecule has 0 saturated heterocycles. The van der Waals surface area contributed by atoms with E-state index in [1.807, 2.05) is 0 Å². The number of anilines is 2. The Bertz CT molecular complexity index is 1300. The number of hydrogen-bond donors (Lipinski definition) is 0. The summed E-state index contributed by atoms with van der Waals surface area (Å²) < 4.78 is 0. The van der Waals surface area contributed by atoms with Crippen LogP contribution in [-0.4, -0.2) is 12.0 Å². The molecule has 0 aromatic heterocycles. The molecule has 1 atom stereocenters.